The van der Waals surface area contributed by atoms with Crippen molar-refractivity contribution in [3.8, 4) is 0 Å². The Labute approximate surface area is 107 Å². The number of thioether (sulfide) groups is 1. The summed E-state index contributed by atoms with van der Waals surface area (Å²) in [6.45, 7) is 4.10. The van der Waals surface area contributed by atoms with Crippen molar-refractivity contribution in [2.24, 2.45) is 11.5 Å². The van der Waals surface area contributed by atoms with Crippen LogP contribution in [-0.2, 0) is 5.75 Å². The van der Waals surface area contributed by atoms with Crippen molar-refractivity contribution < 1.29 is 4.79 Å². The summed E-state index contributed by atoms with van der Waals surface area (Å²) >= 11 is 1.83. The molecule has 0 bridgehead atoms. The Bertz CT molecular complexity index is 393. The third kappa shape index (κ3) is 4.40. The number of rotatable bonds is 6. The van der Waals surface area contributed by atoms with E-state index in [2.05, 4.69) is 6.92 Å². The van der Waals surface area contributed by atoms with Crippen molar-refractivity contribution in [1.29, 1.82) is 0 Å². The van der Waals surface area contributed by atoms with Gasteiger partial charge >= 0.3 is 0 Å². The second-order valence-corrected chi connectivity index (χ2v) is 5.22. The van der Waals surface area contributed by atoms with Crippen molar-refractivity contribution in [2.75, 3.05) is 5.75 Å². The van der Waals surface area contributed by atoms with E-state index in [-0.39, 0.29) is 11.9 Å². The number of hydrogen-bond acceptors (Lipinski definition) is 3. The van der Waals surface area contributed by atoms with Crippen molar-refractivity contribution in [2.45, 2.75) is 32.1 Å². The zero-order chi connectivity index (χ0) is 12.8. The lowest BCUT2D eigenvalue weighted by Gasteiger charge is -2.10. The van der Waals surface area contributed by atoms with Gasteiger partial charge in [0.2, 0.25) is 5.91 Å². The zero-order valence-corrected chi connectivity index (χ0v) is 11.2. The monoisotopic (exact) mass is 252 g/mol. The molecule has 1 aromatic rings. The molecule has 17 heavy (non-hydrogen) atoms. The van der Waals surface area contributed by atoms with Crippen molar-refractivity contribution in [1.82, 2.24) is 0 Å². The van der Waals surface area contributed by atoms with Gasteiger partial charge in [-0.3, -0.25) is 4.79 Å². The molecule has 1 amide bonds. The molecule has 3 nitrogen and oxygen atoms in total. The van der Waals surface area contributed by atoms with E-state index >= 15 is 0 Å². The molecule has 1 aromatic carbocycles. The maximum absolute atomic E-state index is 11.0. The summed E-state index contributed by atoms with van der Waals surface area (Å²) in [5.41, 5.74) is 14.0. The van der Waals surface area contributed by atoms with E-state index in [0.717, 1.165) is 23.5 Å². The lowest BCUT2D eigenvalue weighted by atomic mass is 10.1. The van der Waals surface area contributed by atoms with Crippen LogP contribution < -0.4 is 11.5 Å². The smallest absolute Gasteiger partial charge is 0.248 e. The molecule has 0 heterocycles. The van der Waals surface area contributed by atoms with E-state index in [1.54, 1.807) is 6.07 Å². The molecule has 0 aliphatic rings. The summed E-state index contributed by atoms with van der Waals surface area (Å²) < 4.78 is 0. The Kier molecular flexibility index (Phi) is 5.51. The van der Waals surface area contributed by atoms with Gasteiger partial charge in [-0.25, -0.2) is 0 Å². The van der Waals surface area contributed by atoms with Gasteiger partial charge in [0.15, 0.2) is 0 Å². The average Bonchev–Trinajstić information content (AvgIpc) is 2.30. The fourth-order valence-electron chi connectivity index (χ4n) is 1.45. The van der Waals surface area contributed by atoms with E-state index in [0.29, 0.717) is 5.56 Å². The number of nitrogens with two attached hydrogens (primary N) is 2. The first kappa shape index (κ1) is 14.1. The predicted octanol–water partition coefficient (Wildman–Crippen LogP) is 2.06. The van der Waals surface area contributed by atoms with Crippen molar-refractivity contribution in [3.05, 3.63) is 34.9 Å². The molecule has 0 aromatic heterocycles. The number of hydrogen-bond donors (Lipinski definition) is 2. The molecule has 1 rings (SSSR count). The van der Waals surface area contributed by atoms with Gasteiger partial charge in [-0.15, -0.1) is 0 Å². The number of primary amides is 1. The van der Waals surface area contributed by atoms with E-state index in [9.17, 15) is 4.79 Å². The topological polar surface area (TPSA) is 69.1 Å². The Morgan fingerprint density at radius 3 is 2.71 bits per heavy atom. The molecule has 0 radical (unpaired) electrons. The highest BCUT2D eigenvalue weighted by atomic mass is 32.2. The molecular weight excluding hydrogens is 232 g/mol. The summed E-state index contributed by atoms with van der Waals surface area (Å²) in [7, 11) is 0. The minimum absolute atomic E-state index is 0.269. The minimum Gasteiger partial charge on any atom is -0.366 e. The van der Waals surface area contributed by atoms with Crippen LogP contribution in [0.5, 0.6) is 0 Å². The van der Waals surface area contributed by atoms with Crippen molar-refractivity contribution >= 4 is 17.7 Å². The highest BCUT2D eigenvalue weighted by Crippen LogP contribution is 2.18. The van der Waals surface area contributed by atoms with Gasteiger partial charge in [-0.1, -0.05) is 13.0 Å². The standard InChI is InChI=1S/C13H20N2OS/c1-3-12(14)8-17-7-11-5-4-10(13(15)16)6-9(11)2/h4-6,12H,3,7-8,14H2,1-2H3,(H2,15,16). The molecule has 0 fully saturated rings. The SMILES string of the molecule is CCC(N)CSCc1ccc(C(N)=O)cc1C. The van der Waals surface area contributed by atoms with Crippen LogP contribution in [0.15, 0.2) is 18.2 Å². The molecule has 0 aliphatic carbocycles. The third-order valence-electron chi connectivity index (χ3n) is 2.74. The molecule has 0 saturated carbocycles. The second-order valence-electron chi connectivity index (χ2n) is 4.19. The second kappa shape index (κ2) is 6.67. The Morgan fingerprint density at radius 1 is 1.47 bits per heavy atom. The van der Waals surface area contributed by atoms with Crippen LogP contribution in [0.25, 0.3) is 0 Å². The highest BCUT2D eigenvalue weighted by Gasteiger charge is 2.05. The number of carbonyl (C=O) groups excluding carboxylic acids is 1. The largest absolute Gasteiger partial charge is 0.366 e. The summed E-state index contributed by atoms with van der Waals surface area (Å²) in [5.74, 6) is 1.52. The lowest BCUT2D eigenvalue weighted by molar-refractivity contribution is 0.1000. The molecular formula is C13H20N2OS. The predicted molar refractivity (Wildman–Crippen MR) is 74.1 cm³/mol. The molecule has 94 valence electrons. The van der Waals surface area contributed by atoms with Gasteiger partial charge in [-0.2, -0.15) is 11.8 Å². The van der Waals surface area contributed by atoms with Crippen LogP contribution in [0, 0.1) is 6.92 Å². The van der Waals surface area contributed by atoms with E-state index in [1.807, 2.05) is 30.8 Å². The zero-order valence-electron chi connectivity index (χ0n) is 10.4. The van der Waals surface area contributed by atoms with Crippen LogP contribution in [0.3, 0.4) is 0 Å². The molecule has 1 unspecified atom stereocenters. The van der Waals surface area contributed by atoms with Gasteiger partial charge < -0.3 is 11.5 Å². The molecule has 0 saturated heterocycles. The van der Waals surface area contributed by atoms with Crippen LogP contribution >= 0.6 is 11.8 Å². The number of amides is 1. The summed E-state index contributed by atoms with van der Waals surface area (Å²) in [5, 5.41) is 0. The van der Waals surface area contributed by atoms with E-state index in [4.69, 9.17) is 11.5 Å². The first-order valence-electron chi connectivity index (χ1n) is 5.77. The maximum Gasteiger partial charge on any atom is 0.248 e. The molecule has 0 aliphatic heterocycles. The van der Waals surface area contributed by atoms with Crippen molar-refractivity contribution in [3.63, 3.8) is 0 Å². The summed E-state index contributed by atoms with van der Waals surface area (Å²) in [6.07, 6.45) is 1.01. The van der Waals surface area contributed by atoms with Gasteiger partial charge in [-0.05, 0) is 36.6 Å². The maximum atomic E-state index is 11.0. The van der Waals surface area contributed by atoms with Crippen LogP contribution in [-0.4, -0.2) is 17.7 Å². The number of carbonyl (C=O) groups is 1. The normalized spacial score (nSPS) is 12.4. The lowest BCUT2D eigenvalue weighted by Crippen LogP contribution is -2.21. The Morgan fingerprint density at radius 2 is 2.18 bits per heavy atom. The van der Waals surface area contributed by atoms with Gasteiger partial charge in [0.25, 0.3) is 0 Å². The Balaban J connectivity index is 2.57. The number of benzene rings is 1. The van der Waals surface area contributed by atoms with Crippen LogP contribution in [0.1, 0.15) is 34.8 Å². The minimum atomic E-state index is -0.375. The molecule has 0 spiro atoms. The first-order valence-corrected chi connectivity index (χ1v) is 6.92. The number of aryl methyl sites for hydroxylation is 1. The molecule has 4 heteroatoms. The summed E-state index contributed by atoms with van der Waals surface area (Å²) in [4.78, 5) is 11.0. The Hall–Kier alpha value is -1.00. The van der Waals surface area contributed by atoms with E-state index < -0.39 is 0 Å². The van der Waals surface area contributed by atoms with Gasteiger partial charge in [0.1, 0.15) is 0 Å². The summed E-state index contributed by atoms with van der Waals surface area (Å²) in [6, 6.07) is 5.87. The first-order chi connectivity index (χ1) is 8.04. The van der Waals surface area contributed by atoms with Gasteiger partial charge in [0, 0.05) is 23.1 Å². The van der Waals surface area contributed by atoms with Crippen LogP contribution in [0.4, 0.5) is 0 Å². The fraction of sp³-hybridized carbons (Fsp3) is 0.462. The average molecular weight is 252 g/mol. The van der Waals surface area contributed by atoms with Crippen LogP contribution in [0.2, 0.25) is 0 Å². The molecule has 1 atom stereocenters. The van der Waals surface area contributed by atoms with E-state index in [1.165, 1.54) is 5.56 Å². The molecule has 4 N–H and O–H groups in total. The highest BCUT2D eigenvalue weighted by molar-refractivity contribution is 7.98. The fourth-order valence-corrected chi connectivity index (χ4v) is 2.65. The van der Waals surface area contributed by atoms with Gasteiger partial charge in [0.05, 0.1) is 0 Å². The quantitative estimate of drug-likeness (QED) is 0.814. The third-order valence-corrected chi connectivity index (χ3v) is 3.92.